The normalized spacial score (nSPS) is 10.3. The molecule has 3 N–H and O–H groups in total. The first-order valence-electron chi connectivity index (χ1n) is 5.65. The van der Waals surface area contributed by atoms with Crippen molar-refractivity contribution in [3.63, 3.8) is 0 Å². The molecule has 20 heavy (non-hydrogen) atoms. The van der Waals surface area contributed by atoms with Crippen LogP contribution in [0.1, 0.15) is 21.0 Å². The number of esters is 1. The number of ether oxygens (including phenoxy) is 1. The first kappa shape index (κ1) is 13.6. The molecule has 2 rings (SSSR count). The highest BCUT2D eigenvalue weighted by Gasteiger charge is 2.17. The molecule has 2 aromatic heterocycles. The number of aryl methyl sites for hydroxylation is 2. The molecular formula is C11H14N6O3. The Morgan fingerprint density at radius 1 is 1.20 bits per heavy atom. The molecule has 0 atom stereocenters. The Morgan fingerprint density at radius 2 is 1.85 bits per heavy atom. The van der Waals surface area contributed by atoms with Gasteiger partial charge in [-0.1, -0.05) is 0 Å². The molecule has 0 fully saturated rings. The number of nitrogens with one attached hydrogen (secondary N) is 1. The van der Waals surface area contributed by atoms with Gasteiger partial charge in [0, 0.05) is 26.2 Å². The van der Waals surface area contributed by atoms with Crippen molar-refractivity contribution in [1.29, 1.82) is 0 Å². The molecule has 2 heterocycles. The average Bonchev–Trinajstić information content (AvgIpc) is 2.93. The van der Waals surface area contributed by atoms with Gasteiger partial charge in [0.15, 0.2) is 11.4 Å². The van der Waals surface area contributed by atoms with E-state index in [2.05, 4.69) is 20.3 Å². The molecule has 1 amide bonds. The molecule has 0 aromatic carbocycles. The number of nitrogen functional groups attached to an aromatic ring is 1. The van der Waals surface area contributed by atoms with E-state index < -0.39 is 11.9 Å². The Labute approximate surface area is 114 Å². The number of nitrogens with zero attached hydrogens (tertiary/aromatic N) is 4. The van der Waals surface area contributed by atoms with Crippen LogP contribution in [-0.2, 0) is 18.8 Å². The Balaban J connectivity index is 2.19. The van der Waals surface area contributed by atoms with E-state index in [0.717, 1.165) is 0 Å². The third kappa shape index (κ3) is 2.46. The summed E-state index contributed by atoms with van der Waals surface area (Å²) in [6.07, 6.45) is 0. The largest absolute Gasteiger partial charge is 0.464 e. The lowest BCUT2D eigenvalue weighted by molar-refractivity contribution is 0.0593. The molecule has 0 saturated carbocycles. The van der Waals surface area contributed by atoms with Gasteiger partial charge in [-0.15, -0.1) is 0 Å². The molecule has 2 aromatic rings. The zero-order valence-electron chi connectivity index (χ0n) is 11.2. The summed E-state index contributed by atoms with van der Waals surface area (Å²) in [5.41, 5.74) is 5.88. The van der Waals surface area contributed by atoms with Crippen molar-refractivity contribution < 1.29 is 14.3 Å². The SMILES string of the molecule is COC(=O)c1cc(NC(=O)c2cc(N)n(C)n2)n(C)n1. The molecule has 9 heteroatoms. The minimum atomic E-state index is -0.580. The molecular weight excluding hydrogens is 264 g/mol. The van der Waals surface area contributed by atoms with E-state index in [1.807, 2.05) is 0 Å². The van der Waals surface area contributed by atoms with Crippen LogP contribution in [0.3, 0.4) is 0 Å². The Morgan fingerprint density at radius 3 is 2.40 bits per heavy atom. The van der Waals surface area contributed by atoms with Gasteiger partial charge in [-0.05, 0) is 0 Å². The second-order valence-corrected chi connectivity index (χ2v) is 4.06. The van der Waals surface area contributed by atoms with E-state index >= 15 is 0 Å². The standard InChI is InChI=1S/C11H14N6O3/c1-16-8(12)4-6(14-16)10(18)13-9-5-7(11(19)20-3)15-17(9)2/h4-5H,12H2,1-3H3,(H,13,18). The number of aromatic nitrogens is 4. The molecule has 106 valence electrons. The summed E-state index contributed by atoms with van der Waals surface area (Å²) in [5.74, 6) is -0.310. The summed E-state index contributed by atoms with van der Waals surface area (Å²) in [4.78, 5) is 23.3. The minimum absolute atomic E-state index is 0.103. The van der Waals surface area contributed by atoms with Gasteiger partial charge in [-0.3, -0.25) is 14.2 Å². The summed E-state index contributed by atoms with van der Waals surface area (Å²) < 4.78 is 7.30. The first-order chi connectivity index (χ1) is 9.42. The number of methoxy groups -OCH3 is 1. The molecule has 0 saturated heterocycles. The van der Waals surface area contributed by atoms with Crippen LogP contribution in [0.15, 0.2) is 12.1 Å². The Kier molecular flexibility index (Phi) is 3.42. The fourth-order valence-electron chi connectivity index (χ4n) is 1.56. The van der Waals surface area contributed by atoms with Crippen molar-refractivity contribution in [3.8, 4) is 0 Å². The van der Waals surface area contributed by atoms with Gasteiger partial charge in [-0.2, -0.15) is 10.2 Å². The monoisotopic (exact) mass is 278 g/mol. The highest BCUT2D eigenvalue weighted by molar-refractivity contribution is 6.03. The highest BCUT2D eigenvalue weighted by atomic mass is 16.5. The Hall–Kier alpha value is -2.84. The Bertz CT molecular complexity index is 652. The fraction of sp³-hybridized carbons (Fsp3) is 0.273. The molecule has 0 bridgehead atoms. The van der Waals surface area contributed by atoms with Gasteiger partial charge in [0.2, 0.25) is 0 Å². The van der Waals surface area contributed by atoms with Crippen molar-refractivity contribution in [2.75, 3.05) is 18.2 Å². The smallest absolute Gasteiger partial charge is 0.358 e. The van der Waals surface area contributed by atoms with Crippen LogP contribution in [-0.4, -0.2) is 38.5 Å². The molecule has 0 spiro atoms. The molecule has 0 aliphatic rings. The van der Waals surface area contributed by atoms with E-state index in [0.29, 0.717) is 11.6 Å². The van der Waals surface area contributed by atoms with Gasteiger partial charge in [0.05, 0.1) is 7.11 Å². The summed E-state index contributed by atoms with van der Waals surface area (Å²) >= 11 is 0. The average molecular weight is 278 g/mol. The molecule has 0 unspecified atom stereocenters. The van der Waals surface area contributed by atoms with Crippen molar-refractivity contribution >= 4 is 23.5 Å². The zero-order chi connectivity index (χ0) is 14.9. The van der Waals surface area contributed by atoms with Crippen LogP contribution in [0.25, 0.3) is 0 Å². The van der Waals surface area contributed by atoms with Crippen LogP contribution < -0.4 is 11.1 Å². The minimum Gasteiger partial charge on any atom is -0.464 e. The van der Waals surface area contributed by atoms with Gasteiger partial charge < -0.3 is 15.8 Å². The predicted molar refractivity (Wildman–Crippen MR) is 70.1 cm³/mol. The van der Waals surface area contributed by atoms with E-state index in [9.17, 15) is 9.59 Å². The highest BCUT2D eigenvalue weighted by Crippen LogP contribution is 2.12. The van der Waals surface area contributed by atoms with Gasteiger partial charge in [0.25, 0.3) is 5.91 Å². The number of carbonyl (C=O) groups is 2. The number of carbonyl (C=O) groups excluding carboxylic acids is 2. The van der Waals surface area contributed by atoms with Crippen LogP contribution in [0, 0.1) is 0 Å². The van der Waals surface area contributed by atoms with Gasteiger partial charge in [0.1, 0.15) is 11.6 Å². The third-order valence-corrected chi connectivity index (χ3v) is 2.66. The number of anilines is 2. The second-order valence-electron chi connectivity index (χ2n) is 4.06. The lowest BCUT2D eigenvalue weighted by Crippen LogP contribution is -2.15. The summed E-state index contributed by atoms with van der Waals surface area (Å²) in [6.45, 7) is 0. The summed E-state index contributed by atoms with van der Waals surface area (Å²) in [7, 11) is 4.48. The molecule has 9 nitrogen and oxygen atoms in total. The van der Waals surface area contributed by atoms with E-state index in [4.69, 9.17) is 5.73 Å². The van der Waals surface area contributed by atoms with Crippen molar-refractivity contribution in [1.82, 2.24) is 19.6 Å². The van der Waals surface area contributed by atoms with Gasteiger partial charge in [-0.25, -0.2) is 4.79 Å². The van der Waals surface area contributed by atoms with E-state index in [1.165, 1.54) is 28.6 Å². The summed E-state index contributed by atoms with van der Waals surface area (Å²) in [5, 5.41) is 10.5. The number of hydrogen-bond donors (Lipinski definition) is 2. The zero-order valence-corrected chi connectivity index (χ0v) is 11.2. The van der Waals surface area contributed by atoms with Crippen LogP contribution in [0.4, 0.5) is 11.6 Å². The third-order valence-electron chi connectivity index (χ3n) is 2.66. The fourth-order valence-corrected chi connectivity index (χ4v) is 1.56. The second kappa shape index (κ2) is 5.03. The number of amides is 1. The topological polar surface area (TPSA) is 117 Å². The van der Waals surface area contributed by atoms with Crippen molar-refractivity contribution in [2.24, 2.45) is 14.1 Å². The molecule has 0 aliphatic heterocycles. The van der Waals surface area contributed by atoms with Gasteiger partial charge >= 0.3 is 5.97 Å². The van der Waals surface area contributed by atoms with Crippen LogP contribution in [0.2, 0.25) is 0 Å². The number of nitrogens with two attached hydrogens (primary N) is 1. The number of hydrogen-bond acceptors (Lipinski definition) is 6. The maximum absolute atomic E-state index is 12.0. The maximum Gasteiger partial charge on any atom is 0.358 e. The van der Waals surface area contributed by atoms with E-state index in [1.54, 1.807) is 14.1 Å². The quantitative estimate of drug-likeness (QED) is 0.749. The van der Waals surface area contributed by atoms with Crippen molar-refractivity contribution in [2.45, 2.75) is 0 Å². The lowest BCUT2D eigenvalue weighted by Gasteiger charge is -2.01. The first-order valence-corrected chi connectivity index (χ1v) is 5.65. The van der Waals surface area contributed by atoms with Crippen LogP contribution >= 0.6 is 0 Å². The predicted octanol–water partition coefficient (Wildman–Crippen LogP) is -0.225. The van der Waals surface area contributed by atoms with Crippen LogP contribution in [0.5, 0.6) is 0 Å². The van der Waals surface area contributed by atoms with E-state index in [-0.39, 0.29) is 11.4 Å². The summed E-state index contributed by atoms with van der Waals surface area (Å²) in [6, 6.07) is 2.86. The maximum atomic E-state index is 12.0. The van der Waals surface area contributed by atoms with Crippen molar-refractivity contribution in [3.05, 3.63) is 23.5 Å². The number of rotatable bonds is 3. The lowest BCUT2D eigenvalue weighted by atomic mass is 10.4. The molecule has 0 aliphatic carbocycles. The molecule has 0 radical (unpaired) electrons.